The molecule has 0 heterocycles. The lowest BCUT2D eigenvalue weighted by molar-refractivity contribution is -0.140. The van der Waals surface area contributed by atoms with E-state index in [1.165, 1.54) is 24.1 Å². The molecule has 3 rings (SSSR count). The number of amides is 2. The summed E-state index contributed by atoms with van der Waals surface area (Å²) in [5.74, 6) is -0.206. The second kappa shape index (κ2) is 12.8. The summed E-state index contributed by atoms with van der Waals surface area (Å²) in [5.41, 5.74) is 3.79. The third-order valence-electron chi connectivity index (χ3n) is 6.50. The minimum atomic E-state index is -4.11. The van der Waals surface area contributed by atoms with Gasteiger partial charge >= 0.3 is 0 Å². The molecule has 8 nitrogen and oxygen atoms in total. The molecular formula is C30H37N3O5S. The molecule has 0 radical (unpaired) electrons. The van der Waals surface area contributed by atoms with E-state index in [1.807, 2.05) is 39.8 Å². The van der Waals surface area contributed by atoms with Gasteiger partial charge in [-0.15, -0.1) is 0 Å². The van der Waals surface area contributed by atoms with Gasteiger partial charge in [0.1, 0.15) is 18.3 Å². The summed E-state index contributed by atoms with van der Waals surface area (Å²) in [6.07, 6.45) is 0.351. The summed E-state index contributed by atoms with van der Waals surface area (Å²) in [6.45, 7) is 7.08. The van der Waals surface area contributed by atoms with Crippen LogP contribution in [-0.4, -0.2) is 51.9 Å². The molecule has 208 valence electrons. The SMILES string of the molecule is CCC(C(=O)NC)N(Cc1cccc(OC)c1)C(=O)CN(c1cc(C)cc(C)c1)S(=O)(=O)c1ccc(C)cc1. The zero-order valence-corrected chi connectivity index (χ0v) is 24.2. The largest absolute Gasteiger partial charge is 0.497 e. The van der Waals surface area contributed by atoms with Gasteiger partial charge in [-0.05, 0) is 80.3 Å². The zero-order valence-electron chi connectivity index (χ0n) is 23.4. The van der Waals surface area contributed by atoms with E-state index >= 15 is 0 Å². The van der Waals surface area contributed by atoms with Crippen LogP contribution in [0.25, 0.3) is 0 Å². The number of ether oxygens (including phenoxy) is 1. The number of rotatable bonds is 11. The fourth-order valence-corrected chi connectivity index (χ4v) is 5.91. The molecule has 1 atom stereocenters. The molecule has 3 aromatic carbocycles. The van der Waals surface area contributed by atoms with Gasteiger partial charge in [-0.25, -0.2) is 8.42 Å². The number of aryl methyl sites for hydroxylation is 3. The van der Waals surface area contributed by atoms with Crippen molar-refractivity contribution in [2.45, 2.75) is 51.6 Å². The first-order valence-corrected chi connectivity index (χ1v) is 14.3. The van der Waals surface area contributed by atoms with Crippen molar-refractivity contribution in [2.75, 3.05) is 25.0 Å². The highest BCUT2D eigenvalue weighted by Crippen LogP contribution is 2.27. The second-order valence-electron chi connectivity index (χ2n) is 9.58. The molecule has 2 amide bonds. The molecule has 0 aliphatic carbocycles. The van der Waals surface area contributed by atoms with Crippen LogP contribution in [0.5, 0.6) is 5.75 Å². The lowest BCUT2D eigenvalue weighted by Gasteiger charge is -2.33. The van der Waals surface area contributed by atoms with E-state index in [-0.39, 0.29) is 17.3 Å². The number of hydrogen-bond acceptors (Lipinski definition) is 5. The van der Waals surface area contributed by atoms with Gasteiger partial charge < -0.3 is 15.0 Å². The Morgan fingerprint density at radius 3 is 2.13 bits per heavy atom. The van der Waals surface area contributed by atoms with Gasteiger partial charge in [0.05, 0.1) is 17.7 Å². The number of hydrogen-bond donors (Lipinski definition) is 1. The number of carbonyl (C=O) groups excluding carboxylic acids is 2. The molecule has 0 aliphatic rings. The van der Waals surface area contributed by atoms with Gasteiger partial charge in [-0.2, -0.15) is 0 Å². The fourth-order valence-electron chi connectivity index (χ4n) is 4.51. The smallest absolute Gasteiger partial charge is 0.264 e. The van der Waals surface area contributed by atoms with E-state index in [0.717, 1.165) is 26.6 Å². The van der Waals surface area contributed by atoms with E-state index in [0.29, 0.717) is 17.9 Å². The van der Waals surface area contributed by atoms with E-state index < -0.39 is 28.5 Å². The second-order valence-corrected chi connectivity index (χ2v) is 11.4. The lowest BCUT2D eigenvalue weighted by atomic mass is 10.1. The number of nitrogens with zero attached hydrogens (tertiary/aromatic N) is 2. The van der Waals surface area contributed by atoms with Crippen LogP contribution in [-0.2, 0) is 26.2 Å². The molecule has 0 saturated heterocycles. The van der Waals surface area contributed by atoms with Gasteiger partial charge in [0, 0.05) is 13.6 Å². The summed E-state index contributed by atoms with van der Waals surface area (Å²) in [6, 6.07) is 18.4. The molecule has 0 fully saturated rings. The van der Waals surface area contributed by atoms with Crippen molar-refractivity contribution in [3.05, 3.63) is 89.0 Å². The number of likely N-dealkylation sites (N-methyl/N-ethyl adjacent to an activating group) is 1. The highest BCUT2D eigenvalue weighted by Gasteiger charge is 2.33. The minimum Gasteiger partial charge on any atom is -0.497 e. The fraction of sp³-hybridized carbons (Fsp3) is 0.333. The summed E-state index contributed by atoms with van der Waals surface area (Å²) < 4.78 is 34.4. The summed E-state index contributed by atoms with van der Waals surface area (Å²) in [5, 5.41) is 2.63. The maximum atomic E-state index is 14.0. The maximum absolute atomic E-state index is 14.0. The lowest BCUT2D eigenvalue weighted by Crippen LogP contribution is -2.51. The van der Waals surface area contributed by atoms with Crippen LogP contribution in [0.15, 0.2) is 71.6 Å². The molecule has 0 saturated carbocycles. The zero-order chi connectivity index (χ0) is 28.7. The first-order valence-electron chi connectivity index (χ1n) is 12.8. The summed E-state index contributed by atoms with van der Waals surface area (Å²) in [7, 11) is -1.04. The quantitative estimate of drug-likeness (QED) is 0.382. The molecular weight excluding hydrogens is 514 g/mol. The Morgan fingerprint density at radius 1 is 0.923 bits per heavy atom. The van der Waals surface area contributed by atoms with Gasteiger partial charge in [0.2, 0.25) is 11.8 Å². The Hall–Kier alpha value is -3.85. The highest BCUT2D eigenvalue weighted by atomic mass is 32.2. The van der Waals surface area contributed by atoms with Crippen molar-refractivity contribution in [2.24, 2.45) is 0 Å². The first-order chi connectivity index (χ1) is 18.5. The molecule has 39 heavy (non-hydrogen) atoms. The molecule has 9 heteroatoms. The molecule has 0 spiro atoms. The van der Waals surface area contributed by atoms with Gasteiger partial charge in [-0.3, -0.25) is 13.9 Å². The first kappa shape index (κ1) is 29.7. The average molecular weight is 552 g/mol. The topological polar surface area (TPSA) is 96.0 Å². The van der Waals surface area contributed by atoms with Gasteiger partial charge in [-0.1, -0.05) is 42.8 Å². The van der Waals surface area contributed by atoms with Crippen molar-refractivity contribution >= 4 is 27.5 Å². The number of anilines is 1. The number of sulfonamides is 1. The number of benzene rings is 3. The van der Waals surface area contributed by atoms with Crippen LogP contribution < -0.4 is 14.4 Å². The van der Waals surface area contributed by atoms with Crippen molar-refractivity contribution in [1.82, 2.24) is 10.2 Å². The van der Waals surface area contributed by atoms with Gasteiger partial charge in [0.25, 0.3) is 10.0 Å². The predicted octanol–water partition coefficient (Wildman–Crippen LogP) is 4.37. The van der Waals surface area contributed by atoms with Crippen molar-refractivity contribution in [1.29, 1.82) is 0 Å². The Balaban J connectivity index is 2.10. The molecule has 3 aromatic rings. The normalized spacial score (nSPS) is 11.9. The Morgan fingerprint density at radius 2 is 1.56 bits per heavy atom. The minimum absolute atomic E-state index is 0.0812. The maximum Gasteiger partial charge on any atom is 0.264 e. The van der Waals surface area contributed by atoms with E-state index in [2.05, 4.69) is 5.32 Å². The summed E-state index contributed by atoms with van der Waals surface area (Å²) in [4.78, 5) is 28.4. The van der Waals surface area contributed by atoms with Crippen LogP contribution >= 0.6 is 0 Å². The third-order valence-corrected chi connectivity index (χ3v) is 8.29. The molecule has 0 aliphatic heterocycles. The van der Waals surface area contributed by atoms with Crippen LogP contribution in [0.1, 0.15) is 35.6 Å². The average Bonchev–Trinajstić information content (AvgIpc) is 2.90. The molecule has 1 N–H and O–H groups in total. The Kier molecular flexibility index (Phi) is 9.75. The predicted molar refractivity (Wildman–Crippen MR) is 153 cm³/mol. The number of nitrogens with one attached hydrogen (secondary N) is 1. The highest BCUT2D eigenvalue weighted by molar-refractivity contribution is 7.92. The van der Waals surface area contributed by atoms with E-state index in [4.69, 9.17) is 4.74 Å². The summed E-state index contributed by atoms with van der Waals surface area (Å²) >= 11 is 0. The molecule has 0 aromatic heterocycles. The standard InChI is InChI=1S/C30H37N3O5S/c1-7-28(30(35)31-5)32(19-24-9-8-10-26(18-24)38-6)29(34)20-33(25-16-22(3)15-23(4)17-25)39(36,37)27-13-11-21(2)12-14-27/h8-18,28H,7,19-20H2,1-6H3,(H,31,35). The van der Waals surface area contributed by atoms with Gasteiger partial charge in [0.15, 0.2) is 0 Å². The molecule has 1 unspecified atom stereocenters. The van der Waals surface area contributed by atoms with Crippen molar-refractivity contribution in [3.8, 4) is 5.75 Å². The van der Waals surface area contributed by atoms with Crippen LogP contribution in [0, 0.1) is 20.8 Å². The van der Waals surface area contributed by atoms with E-state index in [1.54, 1.807) is 49.6 Å². The monoisotopic (exact) mass is 551 g/mol. The van der Waals surface area contributed by atoms with E-state index in [9.17, 15) is 18.0 Å². The van der Waals surface area contributed by atoms with Crippen LogP contribution in [0.2, 0.25) is 0 Å². The Bertz CT molecular complexity index is 1400. The van der Waals surface area contributed by atoms with Crippen LogP contribution in [0.3, 0.4) is 0 Å². The van der Waals surface area contributed by atoms with Crippen molar-refractivity contribution < 1.29 is 22.7 Å². The number of methoxy groups -OCH3 is 1. The Labute approximate surface area is 231 Å². The van der Waals surface area contributed by atoms with Crippen LogP contribution in [0.4, 0.5) is 5.69 Å². The molecule has 0 bridgehead atoms. The number of carbonyl (C=O) groups is 2. The third kappa shape index (κ3) is 7.17. The van der Waals surface area contributed by atoms with Crippen molar-refractivity contribution in [3.63, 3.8) is 0 Å².